The van der Waals surface area contributed by atoms with E-state index >= 15 is 0 Å². The van der Waals surface area contributed by atoms with Gasteiger partial charge in [0.1, 0.15) is 0 Å². The average Bonchev–Trinajstić information content (AvgIpc) is 2.11. The fraction of sp³-hybridized carbons (Fsp3) is 0.750. The first-order valence-electron chi connectivity index (χ1n) is 5.37. The van der Waals surface area contributed by atoms with Crippen LogP contribution in [0, 0.1) is 11.3 Å². The normalized spacial score (nSPS) is 14.6. The van der Waals surface area contributed by atoms with Gasteiger partial charge in [0.15, 0.2) is 0 Å². The Kier molecular flexibility index (Phi) is 5.51. The van der Waals surface area contributed by atoms with Crippen LogP contribution >= 0.6 is 0 Å². The second-order valence-electron chi connectivity index (χ2n) is 4.48. The molecule has 0 saturated carbocycles. The summed E-state index contributed by atoms with van der Waals surface area (Å²) in [6.07, 6.45) is 7.54. The quantitative estimate of drug-likeness (QED) is 0.654. The van der Waals surface area contributed by atoms with Crippen molar-refractivity contribution in [2.75, 3.05) is 0 Å². The molecule has 0 saturated heterocycles. The molecule has 0 aliphatic rings. The van der Waals surface area contributed by atoms with Gasteiger partial charge in [-0.25, -0.2) is 0 Å². The monoisotopic (exact) mass is 197 g/mol. The fourth-order valence-corrected chi connectivity index (χ4v) is 1.12. The van der Waals surface area contributed by atoms with E-state index in [1.807, 2.05) is 13.8 Å². The SMILES string of the molecule is CCC/C=C/CC(C)C(C)(C)C(N)=O. The minimum atomic E-state index is -0.406. The molecule has 82 valence electrons. The molecule has 2 nitrogen and oxygen atoms in total. The molecular formula is C12H23NO. The largest absolute Gasteiger partial charge is 0.369 e. The first kappa shape index (κ1) is 13.2. The fourth-order valence-electron chi connectivity index (χ4n) is 1.12. The van der Waals surface area contributed by atoms with Crippen molar-refractivity contribution in [1.29, 1.82) is 0 Å². The smallest absolute Gasteiger partial charge is 0.223 e. The van der Waals surface area contributed by atoms with E-state index in [4.69, 9.17) is 5.73 Å². The Morgan fingerprint density at radius 2 is 2.00 bits per heavy atom. The third-order valence-electron chi connectivity index (χ3n) is 2.98. The number of carbonyl (C=O) groups is 1. The Hall–Kier alpha value is -0.790. The Balaban J connectivity index is 4.07. The lowest BCUT2D eigenvalue weighted by Gasteiger charge is -2.27. The molecule has 0 aliphatic heterocycles. The maximum atomic E-state index is 11.1. The molecule has 0 aromatic rings. The molecule has 1 atom stereocenters. The Bertz CT molecular complexity index is 206. The van der Waals surface area contributed by atoms with Crippen molar-refractivity contribution in [3.05, 3.63) is 12.2 Å². The predicted octanol–water partition coefficient (Wildman–Crippen LogP) is 2.88. The molecule has 0 radical (unpaired) electrons. The van der Waals surface area contributed by atoms with E-state index < -0.39 is 5.41 Å². The van der Waals surface area contributed by atoms with Crippen molar-refractivity contribution in [3.8, 4) is 0 Å². The van der Waals surface area contributed by atoms with Crippen LogP contribution in [0.15, 0.2) is 12.2 Å². The van der Waals surface area contributed by atoms with Crippen LogP contribution in [0.1, 0.15) is 47.0 Å². The van der Waals surface area contributed by atoms with E-state index in [1.165, 1.54) is 6.42 Å². The third kappa shape index (κ3) is 3.95. The van der Waals surface area contributed by atoms with E-state index in [2.05, 4.69) is 26.0 Å². The lowest BCUT2D eigenvalue weighted by atomic mass is 9.77. The van der Waals surface area contributed by atoms with Crippen molar-refractivity contribution in [1.82, 2.24) is 0 Å². The van der Waals surface area contributed by atoms with Crippen molar-refractivity contribution in [3.63, 3.8) is 0 Å². The number of hydrogen-bond donors (Lipinski definition) is 1. The van der Waals surface area contributed by atoms with Crippen molar-refractivity contribution in [2.45, 2.75) is 47.0 Å². The van der Waals surface area contributed by atoms with Gasteiger partial charge < -0.3 is 5.73 Å². The predicted molar refractivity (Wildman–Crippen MR) is 60.8 cm³/mol. The zero-order valence-corrected chi connectivity index (χ0v) is 9.84. The highest BCUT2D eigenvalue weighted by Gasteiger charge is 2.30. The molecule has 2 N–H and O–H groups in total. The Morgan fingerprint density at radius 3 is 2.43 bits per heavy atom. The summed E-state index contributed by atoms with van der Waals surface area (Å²) in [6, 6.07) is 0. The molecule has 0 bridgehead atoms. The van der Waals surface area contributed by atoms with Gasteiger partial charge in [-0.15, -0.1) is 0 Å². The van der Waals surface area contributed by atoms with Crippen LogP contribution in [-0.2, 0) is 4.79 Å². The van der Waals surface area contributed by atoms with E-state index in [0.29, 0.717) is 5.92 Å². The van der Waals surface area contributed by atoms with Gasteiger partial charge in [0.2, 0.25) is 5.91 Å². The summed E-state index contributed by atoms with van der Waals surface area (Å²) >= 11 is 0. The second-order valence-corrected chi connectivity index (χ2v) is 4.48. The summed E-state index contributed by atoms with van der Waals surface area (Å²) in [5, 5.41) is 0. The summed E-state index contributed by atoms with van der Waals surface area (Å²) in [4.78, 5) is 11.1. The van der Waals surface area contributed by atoms with Gasteiger partial charge in [-0.05, 0) is 18.8 Å². The summed E-state index contributed by atoms with van der Waals surface area (Å²) in [6.45, 7) is 8.05. The number of amides is 1. The molecule has 14 heavy (non-hydrogen) atoms. The van der Waals surface area contributed by atoms with Crippen molar-refractivity contribution >= 4 is 5.91 Å². The van der Waals surface area contributed by atoms with Crippen molar-refractivity contribution < 1.29 is 4.79 Å². The van der Waals surface area contributed by atoms with E-state index in [0.717, 1.165) is 12.8 Å². The number of hydrogen-bond acceptors (Lipinski definition) is 1. The van der Waals surface area contributed by atoms with Gasteiger partial charge in [0, 0.05) is 5.41 Å². The Morgan fingerprint density at radius 1 is 1.43 bits per heavy atom. The highest BCUT2D eigenvalue weighted by Crippen LogP contribution is 2.28. The van der Waals surface area contributed by atoms with E-state index in [9.17, 15) is 4.79 Å². The number of unbranched alkanes of at least 4 members (excludes halogenated alkanes) is 1. The number of rotatable bonds is 6. The lowest BCUT2D eigenvalue weighted by Crippen LogP contribution is -2.36. The zero-order valence-electron chi connectivity index (χ0n) is 9.84. The molecule has 0 aliphatic carbocycles. The summed E-state index contributed by atoms with van der Waals surface area (Å²) in [5.41, 5.74) is 4.93. The molecule has 0 aromatic heterocycles. The summed E-state index contributed by atoms with van der Waals surface area (Å²) in [5.74, 6) is 0.0852. The summed E-state index contributed by atoms with van der Waals surface area (Å²) < 4.78 is 0. The first-order chi connectivity index (χ1) is 6.42. The number of carbonyl (C=O) groups excluding carboxylic acids is 1. The van der Waals surface area contributed by atoms with Crippen LogP contribution in [0.2, 0.25) is 0 Å². The molecule has 0 rings (SSSR count). The number of allylic oxidation sites excluding steroid dienone is 2. The van der Waals surface area contributed by atoms with Gasteiger partial charge in [-0.3, -0.25) is 4.79 Å². The van der Waals surface area contributed by atoms with Gasteiger partial charge in [-0.1, -0.05) is 46.3 Å². The summed E-state index contributed by atoms with van der Waals surface area (Å²) in [7, 11) is 0. The Labute approximate surface area is 87.6 Å². The molecule has 1 unspecified atom stereocenters. The zero-order chi connectivity index (χ0) is 11.2. The van der Waals surface area contributed by atoms with Crippen LogP contribution in [0.4, 0.5) is 0 Å². The van der Waals surface area contributed by atoms with Gasteiger partial charge >= 0.3 is 0 Å². The van der Waals surface area contributed by atoms with Gasteiger partial charge in [0.05, 0.1) is 0 Å². The average molecular weight is 197 g/mol. The number of primary amides is 1. The molecule has 2 heteroatoms. The minimum absolute atomic E-state index is 0.214. The second kappa shape index (κ2) is 5.84. The molecule has 0 fully saturated rings. The van der Waals surface area contributed by atoms with Gasteiger partial charge in [-0.2, -0.15) is 0 Å². The van der Waals surface area contributed by atoms with E-state index in [-0.39, 0.29) is 5.91 Å². The number of nitrogens with two attached hydrogens (primary N) is 1. The highest BCUT2D eigenvalue weighted by atomic mass is 16.1. The molecule has 0 heterocycles. The van der Waals surface area contributed by atoms with Crippen LogP contribution in [0.3, 0.4) is 0 Å². The topological polar surface area (TPSA) is 43.1 Å². The van der Waals surface area contributed by atoms with Crippen molar-refractivity contribution in [2.24, 2.45) is 17.1 Å². The van der Waals surface area contributed by atoms with E-state index in [1.54, 1.807) is 0 Å². The maximum Gasteiger partial charge on any atom is 0.223 e. The first-order valence-corrected chi connectivity index (χ1v) is 5.37. The lowest BCUT2D eigenvalue weighted by molar-refractivity contribution is -0.128. The minimum Gasteiger partial charge on any atom is -0.369 e. The third-order valence-corrected chi connectivity index (χ3v) is 2.98. The molecular weight excluding hydrogens is 174 g/mol. The maximum absolute atomic E-state index is 11.1. The molecule has 0 spiro atoms. The van der Waals surface area contributed by atoms with Gasteiger partial charge in [0.25, 0.3) is 0 Å². The standard InChI is InChI=1S/C12H23NO/c1-5-6-7-8-9-10(2)12(3,4)11(13)14/h7-8,10H,5-6,9H2,1-4H3,(H2,13,14)/b8-7+. The van der Waals surface area contributed by atoms with Crippen LogP contribution in [-0.4, -0.2) is 5.91 Å². The molecule has 0 aromatic carbocycles. The van der Waals surface area contributed by atoms with Crippen LogP contribution in [0.25, 0.3) is 0 Å². The van der Waals surface area contributed by atoms with Crippen LogP contribution < -0.4 is 5.73 Å². The van der Waals surface area contributed by atoms with Crippen LogP contribution in [0.5, 0.6) is 0 Å². The molecule has 1 amide bonds. The highest BCUT2D eigenvalue weighted by molar-refractivity contribution is 5.80.